The molecule has 1 aliphatic heterocycles. The van der Waals surface area contributed by atoms with Crippen molar-refractivity contribution in [3.63, 3.8) is 0 Å². The average molecular weight is 289 g/mol. The van der Waals surface area contributed by atoms with E-state index in [-0.39, 0.29) is 18.4 Å². The Kier molecular flexibility index (Phi) is 3.20. The van der Waals surface area contributed by atoms with Gasteiger partial charge in [0.2, 0.25) is 5.91 Å². The van der Waals surface area contributed by atoms with Gasteiger partial charge in [0.25, 0.3) is 0 Å². The summed E-state index contributed by atoms with van der Waals surface area (Å²) in [5.41, 5.74) is 4.07. The van der Waals surface area contributed by atoms with Crippen LogP contribution in [0, 0.1) is 0 Å². The summed E-state index contributed by atoms with van der Waals surface area (Å²) in [6.07, 6.45) is 3.31. The van der Waals surface area contributed by atoms with Gasteiger partial charge in [-0.05, 0) is 36.2 Å². The lowest BCUT2D eigenvalue weighted by Gasteiger charge is -2.09. The maximum Gasteiger partial charge on any atom is 0.231 e. The van der Waals surface area contributed by atoms with E-state index in [1.165, 1.54) is 0 Å². The molecule has 20 heavy (non-hydrogen) atoms. The van der Waals surface area contributed by atoms with E-state index in [2.05, 4.69) is 10.3 Å². The normalized spacial score (nSPS) is 16.9. The SMILES string of the molecule is CC1C(=O)Nc2cc(Cl)c(-c3cncc(CO)c3)cc21. The predicted molar refractivity (Wildman–Crippen MR) is 77.7 cm³/mol. The Bertz CT molecular complexity index is 700. The number of carbonyl (C=O) groups excluding carboxylic acids is 1. The lowest BCUT2D eigenvalue weighted by atomic mass is 9.97. The van der Waals surface area contributed by atoms with Crippen molar-refractivity contribution in [1.82, 2.24) is 4.98 Å². The van der Waals surface area contributed by atoms with E-state index in [1.54, 1.807) is 18.5 Å². The zero-order chi connectivity index (χ0) is 14.3. The molecule has 2 heterocycles. The minimum atomic E-state index is -0.185. The molecule has 4 nitrogen and oxygen atoms in total. The van der Waals surface area contributed by atoms with Crippen molar-refractivity contribution in [2.75, 3.05) is 5.32 Å². The molecule has 5 heteroatoms. The Morgan fingerprint density at radius 3 is 2.90 bits per heavy atom. The molecule has 2 aromatic rings. The first kappa shape index (κ1) is 13.1. The van der Waals surface area contributed by atoms with Gasteiger partial charge in [0.1, 0.15) is 0 Å². The van der Waals surface area contributed by atoms with Gasteiger partial charge >= 0.3 is 0 Å². The molecule has 102 valence electrons. The summed E-state index contributed by atoms with van der Waals surface area (Å²) in [5.74, 6) is -0.203. The summed E-state index contributed by atoms with van der Waals surface area (Å²) in [5, 5.41) is 12.5. The molecule has 0 aliphatic carbocycles. The molecular formula is C15H13ClN2O2. The van der Waals surface area contributed by atoms with E-state index in [0.29, 0.717) is 5.02 Å². The molecule has 1 aromatic heterocycles. The average Bonchev–Trinajstić information content (AvgIpc) is 2.72. The minimum absolute atomic E-state index is 0.0181. The van der Waals surface area contributed by atoms with Crippen LogP contribution in [-0.2, 0) is 11.4 Å². The lowest BCUT2D eigenvalue weighted by molar-refractivity contribution is -0.116. The number of pyridine rings is 1. The number of aromatic nitrogens is 1. The monoisotopic (exact) mass is 288 g/mol. The highest BCUT2D eigenvalue weighted by Crippen LogP contribution is 2.39. The molecule has 1 amide bonds. The fourth-order valence-electron chi connectivity index (χ4n) is 2.38. The molecule has 0 saturated heterocycles. The number of amides is 1. The van der Waals surface area contributed by atoms with E-state index in [9.17, 15) is 9.90 Å². The number of hydrogen-bond acceptors (Lipinski definition) is 3. The van der Waals surface area contributed by atoms with Gasteiger partial charge in [0, 0.05) is 29.2 Å². The van der Waals surface area contributed by atoms with Crippen molar-refractivity contribution in [3.05, 3.63) is 46.7 Å². The number of anilines is 1. The van der Waals surface area contributed by atoms with Gasteiger partial charge < -0.3 is 10.4 Å². The van der Waals surface area contributed by atoms with E-state index in [1.807, 2.05) is 19.1 Å². The summed E-state index contributed by atoms with van der Waals surface area (Å²) < 4.78 is 0. The summed E-state index contributed by atoms with van der Waals surface area (Å²) in [6.45, 7) is 1.79. The maximum atomic E-state index is 11.7. The van der Waals surface area contributed by atoms with Gasteiger partial charge in [-0.15, -0.1) is 0 Å². The van der Waals surface area contributed by atoms with Crippen LogP contribution < -0.4 is 5.32 Å². The van der Waals surface area contributed by atoms with Crippen LogP contribution in [-0.4, -0.2) is 16.0 Å². The predicted octanol–water partition coefficient (Wildman–Crippen LogP) is 2.95. The number of aliphatic hydroxyl groups excluding tert-OH is 1. The van der Waals surface area contributed by atoms with Gasteiger partial charge in [0.15, 0.2) is 0 Å². The Balaban J connectivity index is 2.13. The van der Waals surface area contributed by atoms with Crippen LogP contribution in [0.1, 0.15) is 24.0 Å². The summed E-state index contributed by atoms with van der Waals surface area (Å²) in [6, 6.07) is 5.52. The fraction of sp³-hybridized carbons (Fsp3) is 0.200. The van der Waals surface area contributed by atoms with Crippen molar-refractivity contribution >= 4 is 23.2 Å². The van der Waals surface area contributed by atoms with Gasteiger partial charge in [-0.3, -0.25) is 9.78 Å². The number of carbonyl (C=O) groups is 1. The van der Waals surface area contributed by atoms with Gasteiger partial charge in [-0.1, -0.05) is 11.6 Å². The van der Waals surface area contributed by atoms with Crippen molar-refractivity contribution < 1.29 is 9.90 Å². The van der Waals surface area contributed by atoms with Gasteiger partial charge in [-0.2, -0.15) is 0 Å². The number of aliphatic hydroxyl groups is 1. The van der Waals surface area contributed by atoms with Crippen molar-refractivity contribution in [2.45, 2.75) is 19.4 Å². The topological polar surface area (TPSA) is 62.2 Å². The molecule has 0 bridgehead atoms. The molecule has 0 radical (unpaired) electrons. The number of rotatable bonds is 2. The minimum Gasteiger partial charge on any atom is -0.392 e. The molecule has 0 saturated carbocycles. The van der Waals surface area contributed by atoms with Crippen LogP contribution in [0.4, 0.5) is 5.69 Å². The molecular weight excluding hydrogens is 276 g/mol. The number of halogens is 1. The zero-order valence-corrected chi connectivity index (χ0v) is 11.6. The van der Waals surface area contributed by atoms with E-state index in [4.69, 9.17) is 11.6 Å². The molecule has 1 aromatic carbocycles. The van der Waals surface area contributed by atoms with Crippen LogP contribution in [0.5, 0.6) is 0 Å². The van der Waals surface area contributed by atoms with E-state index in [0.717, 1.165) is 27.9 Å². The molecule has 0 fully saturated rings. The molecule has 2 N–H and O–H groups in total. The second kappa shape index (κ2) is 4.89. The summed E-state index contributed by atoms with van der Waals surface area (Å²) in [7, 11) is 0. The number of hydrogen-bond donors (Lipinski definition) is 2. The number of nitrogens with zero attached hydrogens (tertiary/aromatic N) is 1. The zero-order valence-electron chi connectivity index (χ0n) is 10.9. The largest absolute Gasteiger partial charge is 0.392 e. The molecule has 1 atom stereocenters. The van der Waals surface area contributed by atoms with Crippen molar-refractivity contribution in [2.24, 2.45) is 0 Å². The first-order chi connectivity index (χ1) is 9.60. The second-order valence-corrected chi connectivity index (χ2v) is 5.28. The highest BCUT2D eigenvalue weighted by Gasteiger charge is 2.27. The maximum absolute atomic E-state index is 11.7. The summed E-state index contributed by atoms with van der Waals surface area (Å²) >= 11 is 6.29. The quantitative estimate of drug-likeness (QED) is 0.893. The smallest absolute Gasteiger partial charge is 0.231 e. The van der Waals surface area contributed by atoms with Crippen LogP contribution in [0.2, 0.25) is 5.02 Å². The third-order valence-corrected chi connectivity index (χ3v) is 3.86. The van der Waals surface area contributed by atoms with Crippen LogP contribution in [0.25, 0.3) is 11.1 Å². The third-order valence-electron chi connectivity index (χ3n) is 3.55. The van der Waals surface area contributed by atoms with Gasteiger partial charge in [0.05, 0.1) is 17.5 Å². The number of benzene rings is 1. The van der Waals surface area contributed by atoms with Crippen LogP contribution >= 0.6 is 11.6 Å². The first-order valence-electron chi connectivity index (χ1n) is 6.29. The summed E-state index contributed by atoms with van der Waals surface area (Å²) in [4.78, 5) is 15.8. The highest BCUT2D eigenvalue weighted by atomic mass is 35.5. The van der Waals surface area contributed by atoms with Crippen molar-refractivity contribution in [3.8, 4) is 11.1 Å². The molecule has 1 unspecified atom stereocenters. The van der Waals surface area contributed by atoms with Crippen LogP contribution in [0.15, 0.2) is 30.6 Å². The third kappa shape index (κ3) is 2.07. The lowest BCUT2D eigenvalue weighted by Crippen LogP contribution is -2.08. The Labute approximate surface area is 121 Å². The van der Waals surface area contributed by atoms with E-state index < -0.39 is 0 Å². The Morgan fingerprint density at radius 2 is 2.15 bits per heavy atom. The Morgan fingerprint density at radius 1 is 1.35 bits per heavy atom. The molecule has 3 rings (SSSR count). The highest BCUT2D eigenvalue weighted by molar-refractivity contribution is 6.34. The fourth-order valence-corrected chi connectivity index (χ4v) is 2.65. The first-order valence-corrected chi connectivity index (χ1v) is 6.67. The Hall–Kier alpha value is -1.91. The molecule has 1 aliphatic rings. The van der Waals surface area contributed by atoms with Crippen LogP contribution in [0.3, 0.4) is 0 Å². The second-order valence-electron chi connectivity index (χ2n) is 4.87. The molecule has 0 spiro atoms. The van der Waals surface area contributed by atoms with Crippen molar-refractivity contribution in [1.29, 1.82) is 0 Å². The standard InChI is InChI=1S/C15H13ClN2O2/c1-8-11-3-12(10-2-9(7-19)5-17-6-10)13(16)4-14(11)18-15(8)20/h2-6,8,19H,7H2,1H3,(H,18,20). The van der Waals surface area contributed by atoms with Gasteiger partial charge in [-0.25, -0.2) is 0 Å². The van der Waals surface area contributed by atoms with E-state index >= 15 is 0 Å². The number of fused-ring (bicyclic) bond motifs is 1. The number of nitrogens with one attached hydrogen (secondary N) is 1.